The minimum atomic E-state index is -0.476. The highest BCUT2D eigenvalue weighted by Gasteiger charge is 2.13. The van der Waals surface area contributed by atoms with Gasteiger partial charge in [0.2, 0.25) is 0 Å². The second kappa shape index (κ2) is 5.80. The molecule has 2 aromatic rings. The highest BCUT2D eigenvalue weighted by atomic mass is 79.9. The van der Waals surface area contributed by atoms with Gasteiger partial charge in [-0.25, -0.2) is 0 Å². The standard InChI is InChI=1S/C12H15BrN2OS/c1-2-4-15-8-9(7-14-15)11(16)6-12-10(13)3-5-17-12/h3,5,7-8,11,16H,2,4,6H2,1H3. The number of halogens is 1. The van der Waals surface area contributed by atoms with Crippen LogP contribution in [0.1, 0.15) is 29.9 Å². The maximum Gasteiger partial charge on any atom is 0.0869 e. The Morgan fingerprint density at radius 1 is 1.59 bits per heavy atom. The van der Waals surface area contributed by atoms with Crippen LogP contribution in [0.3, 0.4) is 0 Å². The van der Waals surface area contributed by atoms with E-state index in [0.29, 0.717) is 6.42 Å². The Bertz CT molecular complexity index is 480. The van der Waals surface area contributed by atoms with Crippen molar-refractivity contribution < 1.29 is 5.11 Å². The molecule has 5 heteroatoms. The van der Waals surface area contributed by atoms with Crippen LogP contribution < -0.4 is 0 Å². The smallest absolute Gasteiger partial charge is 0.0869 e. The first-order valence-corrected chi connectivity index (χ1v) is 7.30. The van der Waals surface area contributed by atoms with Crippen LogP contribution >= 0.6 is 27.3 Å². The van der Waals surface area contributed by atoms with Gasteiger partial charge in [0.25, 0.3) is 0 Å². The van der Waals surface area contributed by atoms with E-state index in [1.165, 1.54) is 4.88 Å². The number of thiophene rings is 1. The van der Waals surface area contributed by atoms with Crippen molar-refractivity contribution in [3.05, 3.63) is 38.8 Å². The lowest BCUT2D eigenvalue weighted by atomic mass is 10.1. The van der Waals surface area contributed by atoms with Crippen molar-refractivity contribution in [1.29, 1.82) is 0 Å². The molecule has 0 aliphatic rings. The lowest BCUT2D eigenvalue weighted by molar-refractivity contribution is 0.179. The lowest BCUT2D eigenvalue weighted by Gasteiger charge is -2.06. The molecular weight excluding hydrogens is 300 g/mol. The summed E-state index contributed by atoms with van der Waals surface area (Å²) in [6.07, 6.45) is 4.89. The van der Waals surface area contributed by atoms with Gasteiger partial charge >= 0.3 is 0 Å². The van der Waals surface area contributed by atoms with Crippen LogP contribution in [-0.2, 0) is 13.0 Å². The molecule has 17 heavy (non-hydrogen) atoms. The first-order valence-electron chi connectivity index (χ1n) is 5.63. The van der Waals surface area contributed by atoms with Crippen LogP contribution in [0.5, 0.6) is 0 Å². The topological polar surface area (TPSA) is 38.0 Å². The molecule has 1 N–H and O–H groups in total. The maximum atomic E-state index is 10.1. The van der Waals surface area contributed by atoms with Gasteiger partial charge in [-0.05, 0) is 33.8 Å². The maximum absolute atomic E-state index is 10.1. The molecule has 0 saturated heterocycles. The molecular formula is C12H15BrN2OS. The van der Waals surface area contributed by atoms with E-state index in [0.717, 1.165) is 23.0 Å². The average molecular weight is 315 g/mol. The van der Waals surface area contributed by atoms with Crippen LogP contribution in [0.4, 0.5) is 0 Å². The quantitative estimate of drug-likeness (QED) is 0.918. The van der Waals surface area contributed by atoms with Crippen molar-refractivity contribution in [1.82, 2.24) is 9.78 Å². The summed E-state index contributed by atoms with van der Waals surface area (Å²) in [5.41, 5.74) is 0.888. The lowest BCUT2D eigenvalue weighted by Crippen LogP contribution is -2.00. The van der Waals surface area contributed by atoms with E-state index in [9.17, 15) is 5.11 Å². The minimum absolute atomic E-state index is 0.476. The molecule has 0 saturated carbocycles. The summed E-state index contributed by atoms with van der Waals surface area (Å²) >= 11 is 5.13. The minimum Gasteiger partial charge on any atom is -0.388 e. The normalized spacial score (nSPS) is 12.9. The predicted molar refractivity (Wildman–Crippen MR) is 73.2 cm³/mol. The summed E-state index contributed by atoms with van der Waals surface area (Å²) in [5.74, 6) is 0. The summed E-state index contributed by atoms with van der Waals surface area (Å²) in [6.45, 7) is 3.01. The molecule has 0 aliphatic carbocycles. The fraction of sp³-hybridized carbons (Fsp3) is 0.417. The Hall–Kier alpha value is -0.650. The van der Waals surface area contributed by atoms with E-state index in [1.54, 1.807) is 17.5 Å². The molecule has 2 aromatic heterocycles. The van der Waals surface area contributed by atoms with Gasteiger partial charge in [-0.1, -0.05) is 6.92 Å². The molecule has 1 atom stereocenters. The van der Waals surface area contributed by atoms with Crippen molar-refractivity contribution >= 4 is 27.3 Å². The van der Waals surface area contributed by atoms with E-state index in [1.807, 2.05) is 22.3 Å². The highest BCUT2D eigenvalue weighted by molar-refractivity contribution is 9.10. The monoisotopic (exact) mass is 314 g/mol. The van der Waals surface area contributed by atoms with Crippen LogP contribution in [-0.4, -0.2) is 14.9 Å². The first-order chi connectivity index (χ1) is 8.20. The molecule has 0 amide bonds. The number of rotatable bonds is 5. The number of aliphatic hydroxyl groups excluding tert-OH is 1. The third-order valence-electron chi connectivity index (χ3n) is 2.56. The third-order valence-corrected chi connectivity index (χ3v) is 4.51. The molecule has 0 spiro atoms. The van der Waals surface area contributed by atoms with Crippen LogP contribution in [0.25, 0.3) is 0 Å². The predicted octanol–water partition coefficient (Wildman–Crippen LogP) is 3.39. The molecule has 0 aromatic carbocycles. The molecule has 0 radical (unpaired) electrons. The Labute approximate surface area is 113 Å². The number of aromatic nitrogens is 2. The van der Waals surface area contributed by atoms with Crippen molar-refractivity contribution in [2.45, 2.75) is 32.4 Å². The molecule has 2 rings (SSSR count). The van der Waals surface area contributed by atoms with E-state index in [-0.39, 0.29) is 0 Å². The number of aryl methyl sites for hydroxylation is 1. The SMILES string of the molecule is CCCn1cc(C(O)Cc2sccc2Br)cn1. The number of hydrogen-bond acceptors (Lipinski definition) is 3. The molecule has 92 valence electrons. The van der Waals surface area contributed by atoms with Gasteiger partial charge < -0.3 is 5.11 Å². The Morgan fingerprint density at radius 2 is 2.41 bits per heavy atom. The number of hydrogen-bond donors (Lipinski definition) is 1. The van der Waals surface area contributed by atoms with E-state index in [2.05, 4.69) is 28.0 Å². The van der Waals surface area contributed by atoms with Gasteiger partial charge in [0.1, 0.15) is 0 Å². The van der Waals surface area contributed by atoms with Crippen LogP contribution in [0, 0.1) is 0 Å². The average Bonchev–Trinajstić information content (AvgIpc) is 2.90. The van der Waals surface area contributed by atoms with Crippen molar-refractivity contribution in [3.8, 4) is 0 Å². The van der Waals surface area contributed by atoms with Crippen molar-refractivity contribution in [2.24, 2.45) is 0 Å². The third kappa shape index (κ3) is 3.18. The van der Waals surface area contributed by atoms with Crippen molar-refractivity contribution in [2.75, 3.05) is 0 Å². The number of nitrogens with zero attached hydrogens (tertiary/aromatic N) is 2. The largest absolute Gasteiger partial charge is 0.388 e. The fourth-order valence-corrected chi connectivity index (χ4v) is 3.22. The van der Waals surface area contributed by atoms with Gasteiger partial charge in [0.15, 0.2) is 0 Å². The summed E-state index contributed by atoms with van der Waals surface area (Å²) in [4.78, 5) is 1.17. The van der Waals surface area contributed by atoms with Gasteiger partial charge in [-0.15, -0.1) is 11.3 Å². The fourth-order valence-electron chi connectivity index (χ4n) is 1.67. The van der Waals surface area contributed by atoms with Crippen LogP contribution in [0.2, 0.25) is 0 Å². The van der Waals surface area contributed by atoms with Gasteiger partial charge in [-0.3, -0.25) is 4.68 Å². The van der Waals surface area contributed by atoms with Crippen LogP contribution in [0.15, 0.2) is 28.3 Å². The second-order valence-electron chi connectivity index (χ2n) is 3.95. The molecule has 0 bridgehead atoms. The van der Waals surface area contributed by atoms with Gasteiger partial charge in [0, 0.05) is 34.1 Å². The van der Waals surface area contributed by atoms with Crippen molar-refractivity contribution in [3.63, 3.8) is 0 Å². The summed E-state index contributed by atoms with van der Waals surface area (Å²) in [5, 5.41) is 16.4. The number of aliphatic hydroxyl groups is 1. The highest BCUT2D eigenvalue weighted by Crippen LogP contribution is 2.28. The zero-order valence-corrected chi connectivity index (χ0v) is 12.0. The van der Waals surface area contributed by atoms with Gasteiger partial charge in [-0.2, -0.15) is 5.10 Å². The summed E-state index contributed by atoms with van der Waals surface area (Å²) in [6, 6.07) is 2.01. The zero-order chi connectivity index (χ0) is 12.3. The summed E-state index contributed by atoms with van der Waals surface area (Å²) < 4.78 is 2.95. The Balaban J connectivity index is 2.04. The summed E-state index contributed by atoms with van der Waals surface area (Å²) in [7, 11) is 0. The Morgan fingerprint density at radius 3 is 3.06 bits per heavy atom. The zero-order valence-electron chi connectivity index (χ0n) is 9.64. The molecule has 1 unspecified atom stereocenters. The molecule has 2 heterocycles. The van der Waals surface area contributed by atoms with Gasteiger partial charge in [0.05, 0.1) is 12.3 Å². The first kappa shape index (κ1) is 12.8. The van der Waals surface area contributed by atoms with E-state index >= 15 is 0 Å². The van der Waals surface area contributed by atoms with E-state index in [4.69, 9.17) is 0 Å². The Kier molecular flexibility index (Phi) is 4.36. The molecule has 0 fully saturated rings. The molecule has 0 aliphatic heterocycles. The second-order valence-corrected chi connectivity index (χ2v) is 5.80. The van der Waals surface area contributed by atoms with E-state index < -0.39 is 6.10 Å². The molecule has 3 nitrogen and oxygen atoms in total.